The molecule has 1 rings (SSSR count). The summed E-state index contributed by atoms with van der Waals surface area (Å²) in [5, 5.41) is 9.44. The van der Waals surface area contributed by atoms with Gasteiger partial charge in [-0.1, -0.05) is 43.2 Å². The molecule has 24 heavy (non-hydrogen) atoms. The maximum atomic E-state index is 9.44. The third kappa shape index (κ3) is 11.5. The van der Waals surface area contributed by atoms with E-state index in [0.717, 1.165) is 25.7 Å². The summed E-state index contributed by atoms with van der Waals surface area (Å²) in [4.78, 5) is 0. The third-order valence-electron chi connectivity index (χ3n) is 3.72. The molecule has 0 bridgehead atoms. The molecule has 0 aromatic heterocycles. The number of aliphatic hydroxyl groups excluding tert-OH is 1. The molecule has 5 heteroatoms. The molecule has 0 fully saturated rings. The lowest BCUT2D eigenvalue weighted by molar-refractivity contribution is -0.0664. The maximum absolute atomic E-state index is 9.44. The van der Waals surface area contributed by atoms with Crippen LogP contribution in [0.15, 0.2) is 30.3 Å². The van der Waals surface area contributed by atoms with Gasteiger partial charge < -0.3 is 24.1 Å². The standard InChI is InChI=1S/C19H32O5/c1-21-12-13-23-17-22-11-7-3-6-10-19(14-20)16-24-15-18-8-4-2-5-9-18/h2,4-5,8-9,19-20H,3,6-7,10-17H2,1H3/t19-/m0/s1. The smallest absolute Gasteiger partial charge is 0.146 e. The summed E-state index contributed by atoms with van der Waals surface area (Å²) in [6.45, 7) is 3.59. The Kier molecular flexibility index (Phi) is 13.6. The fraction of sp³-hybridized carbons (Fsp3) is 0.684. The van der Waals surface area contributed by atoms with Gasteiger partial charge in [-0.05, 0) is 18.4 Å². The van der Waals surface area contributed by atoms with Gasteiger partial charge in [-0.3, -0.25) is 0 Å². The van der Waals surface area contributed by atoms with Crippen LogP contribution in [-0.2, 0) is 25.6 Å². The Labute approximate surface area is 145 Å². The van der Waals surface area contributed by atoms with Gasteiger partial charge in [-0.15, -0.1) is 0 Å². The van der Waals surface area contributed by atoms with Crippen molar-refractivity contribution in [2.75, 3.05) is 46.9 Å². The van der Waals surface area contributed by atoms with Crippen molar-refractivity contribution in [3.63, 3.8) is 0 Å². The van der Waals surface area contributed by atoms with Gasteiger partial charge in [0, 0.05) is 26.2 Å². The first-order valence-corrected chi connectivity index (χ1v) is 8.73. The van der Waals surface area contributed by atoms with Crippen molar-refractivity contribution in [1.82, 2.24) is 0 Å². The van der Waals surface area contributed by atoms with E-state index in [1.165, 1.54) is 5.56 Å². The van der Waals surface area contributed by atoms with Crippen LogP contribution in [-0.4, -0.2) is 52.0 Å². The summed E-state index contributed by atoms with van der Waals surface area (Å²) < 4.78 is 21.2. The van der Waals surface area contributed by atoms with Crippen molar-refractivity contribution in [1.29, 1.82) is 0 Å². The average molecular weight is 340 g/mol. The van der Waals surface area contributed by atoms with Crippen LogP contribution in [0.2, 0.25) is 0 Å². The highest BCUT2D eigenvalue weighted by Gasteiger charge is 2.07. The summed E-state index contributed by atoms with van der Waals surface area (Å²) in [5.74, 6) is 0.215. The Morgan fingerprint density at radius 2 is 1.71 bits per heavy atom. The highest BCUT2D eigenvalue weighted by Crippen LogP contribution is 2.11. The first-order chi connectivity index (χ1) is 11.9. The zero-order valence-corrected chi connectivity index (χ0v) is 14.8. The van der Waals surface area contributed by atoms with Gasteiger partial charge in [0.05, 0.1) is 26.4 Å². The number of unbranched alkanes of at least 4 members (excludes halogenated alkanes) is 2. The fourth-order valence-corrected chi connectivity index (χ4v) is 2.28. The molecule has 5 nitrogen and oxygen atoms in total. The molecule has 0 radical (unpaired) electrons. The van der Waals surface area contributed by atoms with E-state index >= 15 is 0 Å². The van der Waals surface area contributed by atoms with E-state index in [-0.39, 0.29) is 12.5 Å². The summed E-state index contributed by atoms with van der Waals surface area (Å²) >= 11 is 0. The van der Waals surface area contributed by atoms with E-state index in [2.05, 4.69) is 0 Å². The van der Waals surface area contributed by atoms with E-state index in [4.69, 9.17) is 18.9 Å². The van der Waals surface area contributed by atoms with Crippen molar-refractivity contribution < 1.29 is 24.1 Å². The van der Waals surface area contributed by atoms with E-state index in [1.54, 1.807) is 7.11 Å². The number of benzene rings is 1. The van der Waals surface area contributed by atoms with Gasteiger partial charge in [-0.25, -0.2) is 0 Å². The number of aliphatic hydroxyl groups is 1. The Morgan fingerprint density at radius 1 is 0.917 bits per heavy atom. The first-order valence-electron chi connectivity index (χ1n) is 8.73. The van der Waals surface area contributed by atoms with Crippen LogP contribution in [0.25, 0.3) is 0 Å². The molecule has 0 aliphatic rings. The molecule has 0 heterocycles. The van der Waals surface area contributed by atoms with Gasteiger partial charge in [0.2, 0.25) is 0 Å². The molecule has 0 spiro atoms. The Morgan fingerprint density at radius 3 is 2.46 bits per heavy atom. The highest BCUT2D eigenvalue weighted by atomic mass is 16.7. The summed E-state index contributed by atoms with van der Waals surface area (Å²) in [6.07, 6.45) is 4.16. The fourth-order valence-electron chi connectivity index (χ4n) is 2.28. The summed E-state index contributed by atoms with van der Waals surface area (Å²) in [7, 11) is 1.65. The molecule has 138 valence electrons. The second kappa shape index (κ2) is 15.5. The lowest BCUT2D eigenvalue weighted by Crippen LogP contribution is -2.14. The number of rotatable bonds is 16. The van der Waals surface area contributed by atoms with Crippen molar-refractivity contribution in [3.05, 3.63) is 35.9 Å². The third-order valence-corrected chi connectivity index (χ3v) is 3.72. The zero-order valence-electron chi connectivity index (χ0n) is 14.8. The van der Waals surface area contributed by atoms with E-state index < -0.39 is 0 Å². The number of hydrogen-bond acceptors (Lipinski definition) is 5. The van der Waals surface area contributed by atoms with E-state index in [1.807, 2.05) is 30.3 Å². The van der Waals surface area contributed by atoms with Gasteiger partial charge in [-0.2, -0.15) is 0 Å². The Bertz CT molecular complexity index is 371. The predicted octanol–water partition coefficient (Wildman–Crippen LogP) is 3.01. The molecule has 0 unspecified atom stereocenters. The second-order valence-corrected chi connectivity index (χ2v) is 5.83. The molecule has 1 aromatic rings. The van der Waals surface area contributed by atoms with Crippen LogP contribution >= 0.6 is 0 Å². The zero-order chi connectivity index (χ0) is 17.3. The van der Waals surface area contributed by atoms with Crippen LogP contribution in [0, 0.1) is 5.92 Å². The van der Waals surface area contributed by atoms with Crippen LogP contribution in [0.4, 0.5) is 0 Å². The maximum Gasteiger partial charge on any atom is 0.146 e. The van der Waals surface area contributed by atoms with Gasteiger partial charge in [0.25, 0.3) is 0 Å². The summed E-state index contributed by atoms with van der Waals surface area (Å²) in [6, 6.07) is 10.1. The lowest BCUT2D eigenvalue weighted by Gasteiger charge is -2.14. The molecule has 0 saturated heterocycles. The first kappa shape index (κ1) is 21.1. The molecule has 0 aliphatic heterocycles. The van der Waals surface area contributed by atoms with E-state index in [0.29, 0.717) is 39.8 Å². The monoisotopic (exact) mass is 340 g/mol. The van der Waals surface area contributed by atoms with Gasteiger partial charge >= 0.3 is 0 Å². The minimum Gasteiger partial charge on any atom is -0.396 e. The van der Waals surface area contributed by atoms with Crippen LogP contribution in [0.1, 0.15) is 31.2 Å². The molecule has 0 aliphatic carbocycles. The van der Waals surface area contributed by atoms with Gasteiger partial charge in [0.1, 0.15) is 6.79 Å². The lowest BCUT2D eigenvalue weighted by atomic mass is 10.0. The van der Waals surface area contributed by atoms with Crippen molar-refractivity contribution in [2.45, 2.75) is 32.3 Å². The van der Waals surface area contributed by atoms with E-state index in [9.17, 15) is 5.11 Å². The molecule has 0 amide bonds. The van der Waals surface area contributed by atoms with Crippen molar-refractivity contribution in [2.24, 2.45) is 5.92 Å². The molecule has 1 N–H and O–H groups in total. The van der Waals surface area contributed by atoms with Crippen molar-refractivity contribution in [3.8, 4) is 0 Å². The second-order valence-electron chi connectivity index (χ2n) is 5.83. The number of hydrogen-bond donors (Lipinski definition) is 1. The number of methoxy groups -OCH3 is 1. The molecular weight excluding hydrogens is 308 g/mol. The molecule has 1 aromatic carbocycles. The predicted molar refractivity (Wildman–Crippen MR) is 93.8 cm³/mol. The normalized spacial score (nSPS) is 12.4. The van der Waals surface area contributed by atoms with Crippen molar-refractivity contribution >= 4 is 0 Å². The number of ether oxygens (including phenoxy) is 4. The molecule has 1 atom stereocenters. The quantitative estimate of drug-likeness (QED) is 0.370. The van der Waals surface area contributed by atoms with Gasteiger partial charge in [0.15, 0.2) is 0 Å². The molecule has 0 saturated carbocycles. The summed E-state index contributed by atoms with van der Waals surface area (Å²) in [5.41, 5.74) is 1.17. The average Bonchev–Trinajstić information content (AvgIpc) is 2.62. The highest BCUT2D eigenvalue weighted by molar-refractivity contribution is 5.13. The van der Waals surface area contributed by atoms with Crippen LogP contribution in [0.5, 0.6) is 0 Å². The molecular formula is C19H32O5. The minimum absolute atomic E-state index is 0.179. The SMILES string of the molecule is COCCOCOCCCCC[C@@H](CO)COCc1ccccc1. The Balaban J connectivity index is 1.92. The minimum atomic E-state index is 0.179. The van der Waals surface area contributed by atoms with Crippen LogP contribution in [0.3, 0.4) is 0 Å². The topological polar surface area (TPSA) is 57.2 Å². The largest absolute Gasteiger partial charge is 0.396 e. The Hall–Kier alpha value is -0.980. The van der Waals surface area contributed by atoms with Crippen LogP contribution < -0.4 is 0 Å².